The topological polar surface area (TPSA) is 93.7 Å². The van der Waals surface area contributed by atoms with Gasteiger partial charge in [-0.25, -0.2) is 14.4 Å². The Hall–Kier alpha value is -3.14. The molecule has 0 atom stereocenters. The van der Waals surface area contributed by atoms with Crippen LogP contribution in [0.1, 0.15) is 26.3 Å². The molecule has 8 heteroatoms. The molecule has 0 unspecified atom stereocenters. The molecule has 162 valence electrons. The first-order valence-corrected chi connectivity index (χ1v) is 10.5. The van der Waals surface area contributed by atoms with Crippen LogP contribution in [-0.4, -0.2) is 37.7 Å². The van der Waals surface area contributed by atoms with Gasteiger partial charge >= 0.3 is 18.0 Å². The minimum Gasteiger partial charge on any atom is -0.458 e. The Morgan fingerprint density at radius 3 is 1.97 bits per heavy atom. The minimum absolute atomic E-state index is 0.0196. The van der Waals surface area contributed by atoms with Crippen LogP contribution in [0.15, 0.2) is 67.8 Å². The molecule has 7 nitrogen and oxygen atoms in total. The van der Waals surface area contributed by atoms with Crippen molar-refractivity contribution in [1.82, 2.24) is 5.32 Å². The quantitative estimate of drug-likeness (QED) is 0.269. The summed E-state index contributed by atoms with van der Waals surface area (Å²) < 4.78 is 11.2. The monoisotopic (exact) mass is 534 g/mol. The van der Waals surface area contributed by atoms with Gasteiger partial charge in [0.15, 0.2) is 0 Å². The van der Waals surface area contributed by atoms with Crippen LogP contribution in [0.25, 0.3) is 0 Å². The number of urea groups is 1. The van der Waals surface area contributed by atoms with Gasteiger partial charge in [-0.15, -0.1) is 0 Å². The van der Waals surface area contributed by atoms with Gasteiger partial charge < -0.3 is 20.1 Å². The number of ether oxygens (including phenoxy) is 2. The second-order valence-corrected chi connectivity index (χ2v) is 7.58. The Morgan fingerprint density at radius 2 is 1.45 bits per heavy atom. The van der Waals surface area contributed by atoms with E-state index in [0.717, 1.165) is 9.13 Å². The van der Waals surface area contributed by atoms with Gasteiger partial charge in [-0.3, -0.25) is 0 Å². The van der Waals surface area contributed by atoms with E-state index in [0.29, 0.717) is 13.0 Å². The maximum atomic E-state index is 12.3. The lowest BCUT2D eigenvalue weighted by molar-refractivity contribution is 0.0548. The first kappa shape index (κ1) is 24.1. The lowest BCUT2D eigenvalue weighted by Crippen LogP contribution is -2.30. The molecule has 2 rings (SSSR count). The summed E-state index contributed by atoms with van der Waals surface area (Å²) in [5.41, 5.74) is 1.55. The average Bonchev–Trinajstić information content (AvgIpc) is 2.76. The highest BCUT2D eigenvalue weighted by Crippen LogP contribution is 2.17. The highest BCUT2D eigenvalue weighted by Gasteiger charge is 2.16. The number of carbonyl (C=O) groups is 3. The van der Waals surface area contributed by atoms with Crippen LogP contribution in [0.2, 0.25) is 0 Å². The van der Waals surface area contributed by atoms with E-state index in [1.54, 1.807) is 0 Å². The molecule has 0 fully saturated rings. The molecule has 0 saturated carbocycles. The summed E-state index contributed by atoms with van der Waals surface area (Å²) in [7, 11) is 0. The Kier molecular flexibility index (Phi) is 9.76. The number of anilines is 1. The van der Waals surface area contributed by atoms with Crippen molar-refractivity contribution in [2.24, 2.45) is 0 Å². The number of carbonyl (C=O) groups excluding carboxylic acids is 3. The summed E-state index contributed by atoms with van der Waals surface area (Å²) in [6.45, 7) is 7.44. The number of halogens is 1. The minimum atomic E-state index is -0.652. The molecule has 2 aromatic carbocycles. The Bertz CT molecular complexity index is 915. The van der Waals surface area contributed by atoms with Crippen LogP contribution < -0.4 is 10.6 Å². The molecule has 2 amide bonds. The zero-order chi connectivity index (χ0) is 22.6. The molecule has 0 aromatic heterocycles. The van der Waals surface area contributed by atoms with Crippen LogP contribution in [-0.2, 0) is 15.9 Å². The molecular formula is C23H23IN2O5. The summed E-state index contributed by atoms with van der Waals surface area (Å²) in [4.78, 5) is 36.7. The Labute approximate surface area is 194 Å². The highest BCUT2D eigenvalue weighted by atomic mass is 127. The van der Waals surface area contributed by atoms with E-state index < -0.39 is 18.0 Å². The molecule has 0 bridgehead atoms. The number of benzene rings is 2. The van der Waals surface area contributed by atoms with Crippen molar-refractivity contribution in [2.75, 3.05) is 25.1 Å². The molecule has 0 saturated heterocycles. The summed E-state index contributed by atoms with van der Waals surface area (Å²) in [5.74, 6) is -1.30. The predicted molar refractivity (Wildman–Crippen MR) is 127 cm³/mol. The molecule has 2 N–H and O–H groups in total. The fourth-order valence-corrected chi connectivity index (χ4v) is 2.88. The largest absolute Gasteiger partial charge is 0.458 e. The first-order chi connectivity index (χ1) is 14.9. The van der Waals surface area contributed by atoms with Crippen LogP contribution in [0.3, 0.4) is 0 Å². The second-order valence-electron chi connectivity index (χ2n) is 6.33. The second kappa shape index (κ2) is 12.5. The van der Waals surface area contributed by atoms with Gasteiger partial charge in [0, 0.05) is 15.8 Å². The van der Waals surface area contributed by atoms with E-state index in [2.05, 4.69) is 46.4 Å². The van der Waals surface area contributed by atoms with Crippen LogP contribution in [0, 0.1) is 3.57 Å². The summed E-state index contributed by atoms with van der Waals surface area (Å²) in [6.07, 6.45) is 3.53. The number of hydrogen-bond donors (Lipinski definition) is 2. The molecule has 0 heterocycles. The fraction of sp³-hybridized carbons (Fsp3) is 0.174. The molecule has 0 aliphatic carbocycles. The van der Waals surface area contributed by atoms with Crippen molar-refractivity contribution in [3.63, 3.8) is 0 Å². The highest BCUT2D eigenvalue weighted by molar-refractivity contribution is 14.1. The van der Waals surface area contributed by atoms with Gasteiger partial charge in [-0.1, -0.05) is 37.4 Å². The first-order valence-electron chi connectivity index (χ1n) is 9.43. The van der Waals surface area contributed by atoms with Gasteiger partial charge in [0.25, 0.3) is 0 Å². The van der Waals surface area contributed by atoms with Gasteiger partial charge in [-0.2, -0.15) is 0 Å². The number of hydrogen-bond acceptors (Lipinski definition) is 5. The van der Waals surface area contributed by atoms with Crippen LogP contribution in [0.4, 0.5) is 10.5 Å². The average molecular weight is 534 g/mol. The smallest absolute Gasteiger partial charge is 0.338 e. The van der Waals surface area contributed by atoms with Crippen LogP contribution >= 0.6 is 22.6 Å². The Morgan fingerprint density at radius 1 is 0.903 bits per heavy atom. The SMILES string of the molecule is C=CCOC(=O)c1cc(NC(=O)NCCc2ccc(I)cc2)cc(C(=O)OCC=C)c1. The van der Waals surface area contributed by atoms with Crippen molar-refractivity contribution in [3.8, 4) is 0 Å². The van der Waals surface area contributed by atoms with Crippen molar-refractivity contribution in [1.29, 1.82) is 0 Å². The van der Waals surface area contributed by atoms with Crippen molar-refractivity contribution >= 4 is 46.2 Å². The van der Waals surface area contributed by atoms with E-state index in [9.17, 15) is 14.4 Å². The Balaban J connectivity index is 2.07. The number of esters is 2. The van der Waals surface area contributed by atoms with Crippen molar-refractivity contribution in [2.45, 2.75) is 6.42 Å². The van der Waals surface area contributed by atoms with Gasteiger partial charge in [0.05, 0.1) is 11.1 Å². The standard InChI is InChI=1S/C23H23IN2O5/c1-3-11-30-21(27)17-13-18(22(28)31-12-4-2)15-20(14-17)26-23(29)25-10-9-16-5-7-19(24)8-6-16/h3-8,13-15H,1-2,9-12H2,(H2,25,26,29). The molecule has 31 heavy (non-hydrogen) atoms. The molecule has 2 aromatic rings. The third kappa shape index (κ3) is 8.25. The zero-order valence-corrected chi connectivity index (χ0v) is 19.0. The summed E-state index contributed by atoms with van der Waals surface area (Å²) >= 11 is 2.23. The summed E-state index contributed by atoms with van der Waals surface area (Å²) in [6, 6.07) is 11.7. The third-order valence-electron chi connectivity index (χ3n) is 3.94. The third-order valence-corrected chi connectivity index (χ3v) is 4.66. The number of amides is 2. The van der Waals surface area contributed by atoms with E-state index >= 15 is 0 Å². The van der Waals surface area contributed by atoms with Crippen LogP contribution in [0.5, 0.6) is 0 Å². The molecule has 0 aliphatic heterocycles. The van der Waals surface area contributed by atoms with Gasteiger partial charge in [0.1, 0.15) is 13.2 Å². The lowest BCUT2D eigenvalue weighted by Gasteiger charge is -2.11. The van der Waals surface area contributed by atoms with Gasteiger partial charge in [-0.05, 0) is 64.9 Å². The molecule has 0 aliphatic rings. The fourth-order valence-electron chi connectivity index (χ4n) is 2.52. The van der Waals surface area contributed by atoms with E-state index in [1.807, 2.05) is 24.3 Å². The van der Waals surface area contributed by atoms with Gasteiger partial charge in [0.2, 0.25) is 0 Å². The maximum absolute atomic E-state index is 12.3. The number of rotatable bonds is 10. The number of nitrogens with one attached hydrogen (secondary N) is 2. The van der Waals surface area contributed by atoms with E-state index in [4.69, 9.17) is 9.47 Å². The van der Waals surface area contributed by atoms with Crippen molar-refractivity contribution in [3.05, 3.63) is 88.0 Å². The predicted octanol–water partition coefficient (Wildman–Crippen LogP) is 4.34. The van der Waals surface area contributed by atoms with Crippen molar-refractivity contribution < 1.29 is 23.9 Å². The molecule has 0 radical (unpaired) electrons. The van der Waals surface area contributed by atoms with E-state index in [-0.39, 0.29) is 30.0 Å². The normalized spacial score (nSPS) is 9.97. The zero-order valence-electron chi connectivity index (χ0n) is 16.9. The molecule has 0 spiro atoms. The maximum Gasteiger partial charge on any atom is 0.338 e. The lowest BCUT2D eigenvalue weighted by atomic mass is 10.1. The van der Waals surface area contributed by atoms with E-state index in [1.165, 1.54) is 30.4 Å². The molecular weight excluding hydrogens is 511 g/mol. The summed E-state index contributed by atoms with van der Waals surface area (Å²) in [5, 5.41) is 5.38.